The third kappa shape index (κ3) is 4.12. The van der Waals surface area contributed by atoms with Gasteiger partial charge in [-0.2, -0.15) is 0 Å². The molecule has 3 rings (SSSR count). The maximum absolute atomic E-state index is 14.1. The summed E-state index contributed by atoms with van der Waals surface area (Å²) in [6.07, 6.45) is 0.478. The lowest BCUT2D eigenvalue weighted by atomic mass is 10.1. The van der Waals surface area contributed by atoms with Gasteiger partial charge in [0.15, 0.2) is 17.6 Å². The summed E-state index contributed by atoms with van der Waals surface area (Å²) in [6.45, 7) is 3.19. The summed E-state index contributed by atoms with van der Waals surface area (Å²) in [5.74, 6) is 0.491. The molecule has 6 heteroatoms. The van der Waals surface area contributed by atoms with Crippen LogP contribution in [0.3, 0.4) is 0 Å². The first-order valence-corrected chi connectivity index (χ1v) is 9.00. The maximum Gasteiger partial charge on any atom is 0.256 e. The molecule has 1 atom stereocenters. The number of fused-ring (bicyclic) bond motifs is 1. The lowest BCUT2D eigenvalue weighted by molar-refractivity contribution is 0.0459. The van der Waals surface area contributed by atoms with E-state index in [-0.39, 0.29) is 17.6 Å². The van der Waals surface area contributed by atoms with Gasteiger partial charge in [0.25, 0.3) is 5.91 Å². The summed E-state index contributed by atoms with van der Waals surface area (Å²) >= 11 is 3.29. The van der Waals surface area contributed by atoms with Gasteiger partial charge in [-0.05, 0) is 36.8 Å². The molecule has 0 aromatic heterocycles. The quantitative estimate of drug-likeness (QED) is 0.742. The van der Waals surface area contributed by atoms with Crippen LogP contribution in [-0.2, 0) is 0 Å². The van der Waals surface area contributed by atoms with Gasteiger partial charge in [0.2, 0.25) is 0 Å². The van der Waals surface area contributed by atoms with E-state index in [0.29, 0.717) is 35.7 Å². The van der Waals surface area contributed by atoms with Crippen LogP contribution in [0.5, 0.6) is 11.5 Å². The molecule has 0 N–H and O–H groups in total. The standard InChI is InChI=1S/C19H19BrFNO3/c1-2-9-22(19(23)15-10-13(20)7-8-16(15)21)11-14-12-24-17-5-3-4-6-18(17)25-14/h3-8,10,14H,2,9,11-12H2,1H3. The minimum absolute atomic E-state index is 0.0555. The molecule has 0 radical (unpaired) electrons. The van der Waals surface area contributed by atoms with Gasteiger partial charge < -0.3 is 14.4 Å². The average Bonchev–Trinajstić information content (AvgIpc) is 2.62. The van der Waals surface area contributed by atoms with Crippen molar-refractivity contribution in [1.29, 1.82) is 0 Å². The molecule has 1 unspecified atom stereocenters. The second-order valence-corrected chi connectivity index (χ2v) is 6.79. The van der Waals surface area contributed by atoms with Crippen molar-refractivity contribution in [2.45, 2.75) is 19.4 Å². The van der Waals surface area contributed by atoms with E-state index in [1.165, 1.54) is 12.1 Å². The maximum atomic E-state index is 14.1. The SMILES string of the molecule is CCCN(CC1COc2ccccc2O1)C(=O)c1cc(Br)ccc1F. The van der Waals surface area contributed by atoms with Crippen LogP contribution in [0, 0.1) is 5.82 Å². The minimum atomic E-state index is -0.527. The zero-order valence-corrected chi connectivity index (χ0v) is 15.5. The summed E-state index contributed by atoms with van der Waals surface area (Å²) in [6, 6.07) is 11.8. The molecule has 0 saturated carbocycles. The predicted molar refractivity (Wildman–Crippen MR) is 96.6 cm³/mol. The summed E-state index contributed by atoms with van der Waals surface area (Å²) in [7, 11) is 0. The first kappa shape index (κ1) is 17.7. The van der Waals surface area contributed by atoms with Crippen molar-refractivity contribution in [1.82, 2.24) is 4.90 Å². The second-order valence-electron chi connectivity index (χ2n) is 5.87. The van der Waals surface area contributed by atoms with Crippen molar-refractivity contribution in [2.75, 3.05) is 19.7 Å². The second kappa shape index (κ2) is 7.87. The monoisotopic (exact) mass is 407 g/mol. The molecule has 2 aromatic carbocycles. The van der Waals surface area contributed by atoms with Crippen molar-refractivity contribution in [3.63, 3.8) is 0 Å². The third-order valence-corrected chi connectivity index (χ3v) is 4.42. The van der Waals surface area contributed by atoms with Gasteiger partial charge in [0.05, 0.1) is 12.1 Å². The van der Waals surface area contributed by atoms with E-state index in [1.807, 2.05) is 31.2 Å². The zero-order chi connectivity index (χ0) is 17.8. The summed E-state index contributed by atoms with van der Waals surface area (Å²) < 4.78 is 26.4. The molecule has 1 aliphatic heterocycles. The third-order valence-electron chi connectivity index (χ3n) is 3.93. The number of halogens is 2. The largest absolute Gasteiger partial charge is 0.486 e. The first-order chi connectivity index (χ1) is 12.1. The van der Waals surface area contributed by atoms with Crippen LogP contribution in [0.4, 0.5) is 4.39 Å². The van der Waals surface area contributed by atoms with E-state index in [0.717, 1.165) is 6.42 Å². The number of hydrogen-bond donors (Lipinski definition) is 0. The Labute approximate surface area is 154 Å². The Balaban J connectivity index is 1.75. The molecule has 1 aliphatic rings. The lowest BCUT2D eigenvalue weighted by Gasteiger charge is -2.31. The van der Waals surface area contributed by atoms with Crippen LogP contribution in [0.1, 0.15) is 23.7 Å². The molecular weight excluding hydrogens is 389 g/mol. The topological polar surface area (TPSA) is 38.8 Å². The van der Waals surface area contributed by atoms with E-state index >= 15 is 0 Å². The van der Waals surface area contributed by atoms with Crippen LogP contribution < -0.4 is 9.47 Å². The Kier molecular flexibility index (Phi) is 5.58. The molecule has 4 nitrogen and oxygen atoms in total. The van der Waals surface area contributed by atoms with E-state index in [4.69, 9.17) is 9.47 Å². The Morgan fingerprint density at radius 3 is 2.80 bits per heavy atom. The fourth-order valence-corrected chi connectivity index (χ4v) is 3.14. The number of carbonyl (C=O) groups is 1. The normalized spacial score (nSPS) is 15.7. The zero-order valence-electron chi connectivity index (χ0n) is 13.9. The Hall–Kier alpha value is -2.08. The van der Waals surface area contributed by atoms with E-state index in [9.17, 15) is 9.18 Å². The van der Waals surface area contributed by atoms with Crippen molar-refractivity contribution in [3.8, 4) is 11.5 Å². The molecule has 2 aromatic rings. The van der Waals surface area contributed by atoms with E-state index in [2.05, 4.69) is 15.9 Å². The predicted octanol–water partition coefficient (Wildman–Crippen LogP) is 4.28. The summed E-state index contributed by atoms with van der Waals surface area (Å²) in [5.41, 5.74) is 0.0555. The molecule has 1 amide bonds. The Bertz CT molecular complexity index is 768. The van der Waals surface area contributed by atoms with Crippen LogP contribution in [-0.4, -0.2) is 36.6 Å². The van der Waals surface area contributed by atoms with Crippen molar-refractivity contribution < 1.29 is 18.7 Å². The Morgan fingerprint density at radius 1 is 1.28 bits per heavy atom. The highest BCUT2D eigenvalue weighted by Crippen LogP contribution is 2.31. The molecule has 132 valence electrons. The number of nitrogens with zero attached hydrogens (tertiary/aromatic N) is 1. The van der Waals surface area contributed by atoms with Gasteiger partial charge in [0.1, 0.15) is 12.4 Å². The van der Waals surface area contributed by atoms with Gasteiger partial charge in [-0.15, -0.1) is 0 Å². The molecule has 0 spiro atoms. The summed E-state index contributed by atoms with van der Waals surface area (Å²) in [5, 5.41) is 0. The van der Waals surface area contributed by atoms with Gasteiger partial charge in [-0.25, -0.2) is 4.39 Å². The van der Waals surface area contributed by atoms with Gasteiger partial charge in [-0.3, -0.25) is 4.79 Å². The summed E-state index contributed by atoms with van der Waals surface area (Å²) in [4.78, 5) is 14.4. The number of ether oxygens (including phenoxy) is 2. The first-order valence-electron chi connectivity index (χ1n) is 8.21. The number of amides is 1. The van der Waals surface area contributed by atoms with Crippen LogP contribution in [0.2, 0.25) is 0 Å². The average molecular weight is 408 g/mol. The van der Waals surface area contributed by atoms with E-state index in [1.54, 1.807) is 11.0 Å². The van der Waals surface area contributed by atoms with Crippen molar-refractivity contribution >= 4 is 21.8 Å². The molecule has 1 heterocycles. The molecule has 0 fully saturated rings. The highest BCUT2D eigenvalue weighted by Gasteiger charge is 2.26. The molecule has 0 bridgehead atoms. The highest BCUT2D eigenvalue weighted by molar-refractivity contribution is 9.10. The molecular formula is C19H19BrFNO3. The molecule has 0 aliphatic carbocycles. The van der Waals surface area contributed by atoms with Gasteiger partial charge in [-0.1, -0.05) is 35.0 Å². The molecule has 0 saturated heterocycles. The number of carbonyl (C=O) groups excluding carboxylic acids is 1. The lowest BCUT2D eigenvalue weighted by Crippen LogP contribution is -2.44. The molecule has 25 heavy (non-hydrogen) atoms. The fourth-order valence-electron chi connectivity index (χ4n) is 2.78. The number of para-hydroxylation sites is 2. The number of hydrogen-bond acceptors (Lipinski definition) is 3. The smallest absolute Gasteiger partial charge is 0.256 e. The number of benzene rings is 2. The van der Waals surface area contributed by atoms with E-state index < -0.39 is 5.82 Å². The Morgan fingerprint density at radius 2 is 2.04 bits per heavy atom. The van der Waals surface area contributed by atoms with Crippen molar-refractivity contribution in [3.05, 3.63) is 58.3 Å². The van der Waals surface area contributed by atoms with Crippen molar-refractivity contribution in [2.24, 2.45) is 0 Å². The highest BCUT2D eigenvalue weighted by atomic mass is 79.9. The fraction of sp³-hybridized carbons (Fsp3) is 0.316. The van der Waals surface area contributed by atoms with Crippen LogP contribution >= 0.6 is 15.9 Å². The number of rotatable bonds is 5. The van der Waals surface area contributed by atoms with Gasteiger partial charge in [0, 0.05) is 11.0 Å². The van der Waals surface area contributed by atoms with Gasteiger partial charge >= 0.3 is 0 Å². The van der Waals surface area contributed by atoms with Crippen LogP contribution in [0.25, 0.3) is 0 Å². The van der Waals surface area contributed by atoms with Crippen LogP contribution in [0.15, 0.2) is 46.9 Å². The minimum Gasteiger partial charge on any atom is -0.486 e.